The first-order valence-electron chi connectivity index (χ1n) is 8.64. The molecule has 1 fully saturated rings. The average molecular weight is 350 g/mol. The van der Waals surface area contributed by atoms with Crippen molar-refractivity contribution < 1.29 is 14.2 Å². The molecule has 1 atom stereocenters. The zero-order valence-corrected chi connectivity index (χ0v) is 15.6. The summed E-state index contributed by atoms with van der Waals surface area (Å²) in [5.41, 5.74) is 6.74. The zero-order chi connectivity index (χ0) is 18.2. The van der Waals surface area contributed by atoms with Crippen LogP contribution in [0.2, 0.25) is 0 Å². The van der Waals surface area contributed by atoms with Crippen molar-refractivity contribution in [3.05, 3.63) is 18.2 Å². The lowest BCUT2D eigenvalue weighted by atomic mass is 10.2. The Bertz CT molecular complexity index is 577. The molecule has 1 aliphatic heterocycles. The van der Waals surface area contributed by atoms with E-state index in [2.05, 4.69) is 29.1 Å². The quantitative estimate of drug-likeness (QED) is 0.576. The Hall–Kier alpha value is -1.99. The van der Waals surface area contributed by atoms with Gasteiger partial charge in [-0.3, -0.25) is 9.89 Å². The molecule has 1 heterocycles. The van der Waals surface area contributed by atoms with Gasteiger partial charge in [-0.05, 0) is 18.1 Å². The van der Waals surface area contributed by atoms with Gasteiger partial charge in [0.05, 0.1) is 39.2 Å². The maximum atomic E-state index is 6.03. The molecule has 7 heteroatoms. The summed E-state index contributed by atoms with van der Waals surface area (Å²) in [7, 11) is 3.23. The number of ether oxygens (including phenoxy) is 3. The van der Waals surface area contributed by atoms with Gasteiger partial charge in [-0.2, -0.15) is 0 Å². The van der Waals surface area contributed by atoms with Crippen LogP contribution in [0, 0.1) is 5.92 Å². The van der Waals surface area contributed by atoms with E-state index in [4.69, 9.17) is 19.9 Å². The summed E-state index contributed by atoms with van der Waals surface area (Å²) < 4.78 is 16.4. The van der Waals surface area contributed by atoms with Gasteiger partial charge in [0, 0.05) is 25.7 Å². The largest absolute Gasteiger partial charge is 0.497 e. The number of hydrogen-bond donors (Lipinski definition) is 2. The molecule has 0 amide bonds. The molecule has 0 aromatic heterocycles. The van der Waals surface area contributed by atoms with Crippen LogP contribution in [0.25, 0.3) is 0 Å². The number of methoxy groups -OCH3 is 2. The number of morpholine rings is 1. The highest BCUT2D eigenvalue weighted by atomic mass is 16.5. The summed E-state index contributed by atoms with van der Waals surface area (Å²) in [5.74, 6) is 2.37. The third-order valence-corrected chi connectivity index (χ3v) is 3.98. The van der Waals surface area contributed by atoms with Crippen molar-refractivity contribution in [2.45, 2.75) is 20.0 Å². The fraction of sp³-hybridized carbons (Fsp3) is 0.611. The van der Waals surface area contributed by atoms with E-state index in [1.165, 1.54) is 0 Å². The highest BCUT2D eigenvalue weighted by molar-refractivity contribution is 5.94. The monoisotopic (exact) mass is 350 g/mol. The molecule has 0 bridgehead atoms. The van der Waals surface area contributed by atoms with Crippen molar-refractivity contribution in [1.82, 2.24) is 4.90 Å². The first-order valence-corrected chi connectivity index (χ1v) is 8.64. The van der Waals surface area contributed by atoms with Crippen LogP contribution in [0.1, 0.15) is 13.8 Å². The second-order valence-corrected chi connectivity index (χ2v) is 6.56. The first-order chi connectivity index (χ1) is 12.0. The molecular weight excluding hydrogens is 320 g/mol. The summed E-state index contributed by atoms with van der Waals surface area (Å²) in [6.45, 7) is 8.67. The summed E-state index contributed by atoms with van der Waals surface area (Å²) in [6, 6.07) is 5.47. The summed E-state index contributed by atoms with van der Waals surface area (Å²) >= 11 is 0. The topological polar surface area (TPSA) is 81.3 Å². The second kappa shape index (κ2) is 9.48. The molecule has 0 aliphatic carbocycles. The van der Waals surface area contributed by atoms with Gasteiger partial charge < -0.3 is 25.3 Å². The normalized spacial score (nSPS) is 19.1. The third-order valence-electron chi connectivity index (χ3n) is 3.98. The molecular formula is C18H30N4O3. The van der Waals surface area contributed by atoms with E-state index < -0.39 is 0 Å². The van der Waals surface area contributed by atoms with Crippen molar-refractivity contribution in [1.29, 1.82) is 0 Å². The SMILES string of the molecule is COc1ccc(OC)c(NC(N)=NCC2CN(CC(C)C)CCO2)c1. The molecule has 0 spiro atoms. The van der Waals surface area contributed by atoms with E-state index in [9.17, 15) is 0 Å². The minimum absolute atomic E-state index is 0.0695. The summed E-state index contributed by atoms with van der Waals surface area (Å²) in [6.07, 6.45) is 0.0695. The van der Waals surface area contributed by atoms with Crippen LogP contribution in [0.15, 0.2) is 23.2 Å². The van der Waals surface area contributed by atoms with Crippen molar-refractivity contribution in [3.8, 4) is 11.5 Å². The fourth-order valence-corrected chi connectivity index (χ4v) is 2.86. The molecule has 1 unspecified atom stereocenters. The van der Waals surface area contributed by atoms with Gasteiger partial charge in [-0.25, -0.2) is 0 Å². The smallest absolute Gasteiger partial charge is 0.193 e. The van der Waals surface area contributed by atoms with Crippen molar-refractivity contribution in [2.24, 2.45) is 16.6 Å². The van der Waals surface area contributed by atoms with E-state index >= 15 is 0 Å². The van der Waals surface area contributed by atoms with Crippen LogP contribution < -0.4 is 20.5 Å². The van der Waals surface area contributed by atoms with Crippen LogP contribution in [-0.4, -0.2) is 64.0 Å². The highest BCUT2D eigenvalue weighted by Crippen LogP contribution is 2.28. The number of rotatable bonds is 7. The molecule has 0 radical (unpaired) electrons. The van der Waals surface area contributed by atoms with Gasteiger partial charge in [0.15, 0.2) is 5.96 Å². The molecule has 1 aromatic carbocycles. The Morgan fingerprint density at radius 3 is 2.88 bits per heavy atom. The fourth-order valence-electron chi connectivity index (χ4n) is 2.86. The first kappa shape index (κ1) is 19.3. The van der Waals surface area contributed by atoms with Crippen LogP contribution >= 0.6 is 0 Å². The molecule has 2 rings (SSSR count). The van der Waals surface area contributed by atoms with E-state index in [0.717, 1.165) is 32.0 Å². The Balaban J connectivity index is 1.93. The molecule has 3 N–H and O–H groups in total. The summed E-state index contributed by atoms with van der Waals surface area (Å²) in [5, 5.41) is 3.07. The predicted molar refractivity (Wildman–Crippen MR) is 101 cm³/mol. The van der Waals surface area contributed by atoms with Crippen molar-refractivity contribution >= 4 is 11.6 Å². The number of aliphatic imine (C=N–C) groups is 1. The lowest BCUT2D eigenvalue weighted by molar-refractivity contribution is -0.0261. The zero-order valence-electron chi connectivity index (χ0n) is 15.6. The number of nitrogens with one attached hydrogen (secondary N) is 1. The number of anilines is 1. The Labute approximate surface area is 150 Å². The average Bonchev–Trinajstić information content (AvgIpc) is 2.59. The molecule has 7 nitrogen and oxygen atoms in total. The van der Waals surface area contributed by atoms with E-state index in [-0.39, 0.29) is 6.10 Å². The van der Waals surface area contributed by atoms with Crippen molar-refractivity contribution in [3.63, 3.8) is 0 Å². The van der Waals surface area contributed by atoms with Crippen molar-refractivity contribution in [2.75, 3.05) is 52.3 Å². The lowest BCUT2D eigenvalue weighted by Crippen LogP contribution is -2.45. The number of nitrogens with zero attached hydrogens (tertiary/aromatic N) is 2. The Morgan fingerprint density at radius 2 is 2.20 bits per heavy atom. The minimum Gasteiger partial charge on any atom is -0.497 e. The lowest BCUT2D eigenvalue weighted by Gasteiger charge is -2.33. The van der Waals surface area contributed by atoms with Gasteiger partial charge in [-0.1, -0.05) is 13.8 Å². The maximum absolute atomic E-state index is 6.03. The molecule has 1 saturated heterocycles. The second-order valence-electron chi connectivity index (χ2n) is 6.56. The van der Waals surface area contributed by atoms with E-state index in [0.29, 0.717) is 29.9 Å². The Morgan fingerprint density at radius 1 is 1.40 bits per heavy atom. The van der Waals surface area contributed by atoms with Crippen LogP contribution in [-0.2, 0) is 4.74 Å². The number of benzene rings is 1. The minimum atomic E-state index is 0.0695. The van der Waals surface area contributed by atoms with Gasteiger partial charge in [0.25, 0.3) is 0 Å². The molecule has 140 valence electrons. The third kappa shape index (κ3) is 6.10. The molecule has 1 aromatic rings. The molecule has 25 heavy (non-hydrogen) atoms. The number of hydrogen-bond acceptors (Lipinski definition) is 5. The molecule has 1 aliphatic rings. The maximum Gasteiger partial charge on any atom is 0.193 e. The van der Waals surface area contributed by atoms with E-state index in [1.54, 1.807) is 14.2 Å². The van der Waals surface area contributed by atoms with Gasteiger partial charge in [0.2, 0.25) is 0 Å². The van der Waals surface area contributed by atoms with Crippen LogP contribution in [0.5, 0.6) is 11.5 Å². The summed E-state index contributed by atoms with van der Waals surface area (Å²) in [4.78, 5) is 6.84. The van der Waals surface area contributed by atoms with Gasteiger partial charge in [-0.15, -0.1) is 0 Å². The Kier molecular flexibility index (Phi) is 7.33. The predicted octanol–water partition coefficient (Wildman–Crippen LogP) is 1.79. The number of nitrogens with two attached hydrogens (primary N) is 1. The molecule has 0 saturated carbocycles. The van der Waals surface area contributed by atoms with E-state index in [1.807, 2.05) is 18.2 Å². The highest BCUT2D eigenvalue weighted by Gasteiger charge is 2.20. The standard InChI is InChI=1S/C18H30N4O3/c1-13(2)11-22-7-8-25-15(12-22)10-20-18(19)21-16-9-14(23-3)5-6-17(16)24-4/h5-6,9,13,15H,7-8,10-12H2,1-4H3,(H3,19,20,21). The van der Waals surface area contributed by atoms with Crippen LogP contribution in [0.4, 0.5) is 5.69 Å². The van der Waals surface area contributed by atoms with Gasteiger partial charge >= 0.3 is 0 Å². The van der Waals surface area contributed by atoms with Crippen LogP contribution in [0.3, 0.4) is 0 Å². The number of guanidine groups is 1. The van der Waals surface area contributed by atoms with Gasteiger partial charge in [0.1, 0.15) is 11.5 Å².